The molecule has 0 aliphatic carbocycles. The number of carbonyl (C=O) groups is 2. The van der Waals surface area contributed by atoms with Gasteiger partial charge in [-0.2, -0.15) is 0 Å². The zero-order valence-electron chi connectivity index (χ0n) is 10.4. The number of piperazine rings is 1. The monoisotopic (exact) mass is 244 g/mol. The molecule has 98 valence electrons. The molecule has 1 rings (SSSR count). The van der Waals surface area contributed by atoms with Crippen molar-refractivity contribution in [2.75, 3.05) is 39.9 Å². The molecule has 1 saturated heterocycles. The summed E-state index contributed by atoms with van der Waals surface area (Å²) in [7, 11) is 1.57. The molecule has 1 fully saturated rings. The number of methoxy groups -OCH3 is 1. The van der Waals surface area contributed by atoms with Crippen molar-refractivity contribution in [3.05, 3.63) is 0 Å². The highest BCUT2D eigenvalue weighted by Crippen LogP contribution is 2.07. The van der Waals surface area contributed by atoms with Gasteiger partial charge in [-0.15, -0.1) is 0 Å². The molecule has 1 unspecified atom stereocenters. The fraction of sp³-hybridized carbons (Fsp3) is 0.818. The van der Waals surface area contributed by atoms with Crippen LogP contribution in [0.4, 0.5) is 0 Å². The van der Waals surface area contributed by atoms with Crippen molar-refractivity contribution >= 4 is 11.9 Å². The predicted octanol–water partition coefficient (Wildman–Crippen LogP) is -0.360. The van der Waals surface area contributed by atoms with E-state index in [-0.39, 0.29) is 5.91 Å². The van der Waals surface area contributed by atoms with Crippen LogP contribution >= 0.6 is 0 Å². The molecule has 1 heterocycles. The van der Waals surface area contributed by atoms with Gasteiger partial charge in [0.05, 0.1) is 13.0 Å². The van der Waals surface area contributed by atoms with Gasteiger partial charge >= 0.3 is 5.97 Å². The summed E-state index contributed by atoms with van der Waals surface area (Å²) in [5, 5.41) is 8.89. The molecule has 1 atom stereocenters. The second-order valence-electron chi connectivity index (χ2n) is 4.17. The Morgan fingerprint density at radius 2 is 1.88 bits per heavy atom. The SMILES string of the molecule is COCCC(=O)N1CCN(C(C)C(=O)O)CC1. The molecule has 1 aliphatic heterocycles. The number of amides is 1. The Morgan fingerprint density at radius 3 is 2.35 bits per heavy atom. The second kappa shape index (κ2) is 6.56. The Balaban J connectivity index is 2.35. The molecule has 6 nitrogen and oxygen atoms in total. The first-order valence-electron chi connectivity index (χ1n) is 5.80. The number of hydrogen-bond donors (Lipinski definition) is 1. The fourth-order valence-corrected chi connectivity index (χ4v) is 1.86. The number of aliphatic carboxylic acids is 1. The molecule has 0 aromatic heterocycles. The van der Waals surface area contributed by atoms with E-state index in [2.05, 4.69) is 0 Å². The Kier molecular flexibility index (Phi) is 5.37. The number of carboxylic acids is 1. The molecule has 1 N–H and O–H groups in total. The van der Waals surface area contributed by atoms with Gasteiger partial charge in [-0.3, -0.25) is 14.5 Å². The van der Waals surface area contributed by atoms with Crippen molar-refractivity contribution in [1.82, 2.24) is 9.80 Å². The zero-order valence-corrected chi connectivity index (χ0v) is 10.4. The average Bonchev–Trinajstić information content (AvgIpc) is 2.35. The van der Waals surface area contributed by atoms with Gasteiger partial charge < -0.3 is 14.7 Å². The summed E-state index contributed by atoms with van der Waals surface area (Å²) in [6.07, 6.45) is 0.394. The summed E-state index contributed by atoms with van der Waals surface area (Å²) >= 11 is 0. The highest BCUT2D eigenvalue weighted by atomic mass is 16.5. The van der Waals surface area contributed by atoms with Crippen molar-refractivity contribution in [1.29, 1.82) is 0 Å². The molecular weight excluding hydrogens is 224 g/mol. The minimum Gasteiger partial charge on any atom is -0.480 e. The van der Waals surface area contributed by atoms with E-state index in [4.69, 9.17) is 9.84 Å². The van der Waals surface area contributed by atoms with E-state index >= 15 is 0 Å². The van der Waals surface area contributed by atoms with Crippen LogP contribution in [0, 0.1) is 0 Å². The Morgan fingerprint density at radius 1 is 1.29 bits per heavy atom. The Hall–Kier alpha value is -1.14. The lowest BCUT2D eigenvalue weighted by Crippen LogP contribution is -2.53. The maximum absolute atomic E-state index is 11.7. The number of ether oxygens (including phenoxy) is 1. The van der Waals surface area contributed by atoms with E-state index in [0.29, 0.717) is 39.2 Å². The van der Waals surface area contributed by atoms with Crippen LogP contribution in [0.3, 0.4) is 0 Å². The lowest BCUT2D eigenvalue weighted by molar-refractivity contribution is -0.144. The number of nitrogens with zero attached hydrogens (tertiary/aromatic N) is 2. The van der Waals surface area contributed by atoms with Crippen LogP contribution in [-0.4, -0.2) is 72.7 Å². The van der Waals surface area contributed by atoms with E-state index in [0.717, 1.165) is 0 Å². The Labute approximate surface area is 101 Å². The number of carbonyl (C=O) groups excluding carboxylic acids is 1. The molecule has 0 bridgehead atoms. The van der Waals surface area contributed by atoms with Gasteiger partial charge in [0.15, 0.2) is 0 Å². The minimum absolute atomic E-state index is 0.0782. The fourth-order valence-electron chi connectivity index (χ4n) is 1.86. The van der Waals surface area contributed by atoms with Gasteiger partial charge in [0.1, 0.15) is 6.04 Å². The summed E-state index contributed by atoms with van der Waals surface area (Å²) in [6, 6.07) is -0.480. The number of rotatable bonds is 5. The number of carboxylic acid groups (broad SMARTS) is 1. The smallest absolute Gasteiger partial charge is 0.320 e. The van der Waals surface area contributed by atoms with Crippen molar-refractivity contribution in [2.24, 2.45) is 0 Å². The van der Waals surface area contributed by atoms with E-state index in [1.54, 1.807) is 18.9 Å². The van der Waals surface area contributed by atoms with Crippen LogP contribution in [-0.2, 0) is 14.3 Å². The minimum atomic E-state index is -0.816. The Bertz CT molecular complexity index is 275. The summed E-state index contributed by atoms with van der Waals surface area (Å²) in [5.74, 6) is -0.737. The normalized spacial score (nSPS) is 19.1. The molecule has 0 spiro atoms. The van der Waals surface area contributed by atoms with Crippen molar-refractivity contribution in [2.45, 2.75) is 19.4 Å². The van der Waals surface area contributed by atoms with Gasteiger partial charge in [0, 0.05) is 33.3 Å². The maximum atomic E-state index is 11.7. The van der Waals surface area contributed by atoms with E-state index in [9.17, 15) is 9.59 Å². The summed E-state index contributed by atoms with van der Waals surface area (Å²) in [6.45, 7) is 4.54. The topological polar surface area (TPSA) is 70.1 Å². The van der Waals surface area contributed by atoms with Crippen molar-refractivity contribution < 1.29 is 19.4 Å². The van der Waals surface area contributed by atoms with E-state index in [1.165, 1.54) is 0 Å². The van der Waals surface area contributed by atoms with Crippen molar-refractivity contribution in [3.8, 4) is 0 Å². The first kappa shape index (κ1) is 13.9. The van der Waals surface area contributed by atoms with Crippen molar-refractivity contribution in [3.63, 3.8) is 0 Å². The van der Waals surface area contributed by atoms with Crippen LogP contribution in [0.5, 0.6) is 0 Å². The highest BCUT2D eigenvalue weighted by molar-refractivity contribution is 5.76. The summed E-state index contributed by atoms with van der Waals surface area (Å²) < 4.78 is 4.86. The van der Waals surface area contributed by atoms with Gasteiger partial charge in [-0.25, -0.2) is 0 Å². The molecule has 0 radical (unpaired) electrons. The first-order valence-corrected chi connectivity index (χ1v) is 5.80. The van der Waals surface area contributed by atoms with Gasteiger partial charge in [0.25, 0.3) is 0 Å². The summed E-state index contributed by atoms with van der Waals surface area (Å²) in [5.41, 5.74) is 0. The van der Waals surface area contributed by atoms with E-state index in [1.807, 2.05) is 4.90 Å². The van der Waals surface area contributed by atoms with Gasteiger partial charge in [0.2, 0.25) is 5.91 Å². The van der Waals surface area contributed by atoms with Crippen LogP contribution in [0.1, 0.15) is 13.3 Å². The highest BCUT2D eigenvalue weighted by Gasteiger charge is 2.26. The van der Waals surface area contributed by atoms with Crippen LogP contribution < -0.4 is 0 Å². The third kappa shape index (κ3) is 3.98. The molecule has 1 amide bonds. The van der Waals surface area contributed by atoms with Crippen LogP contribution in [0.25, 0.3) is 0 Å². The van der Waals surface area contributed by atoms with Gasteiger partial charge in [-0.1, -0.05) is 0 Å². The number of hydrogen-bond acceptors (Lipinski definition) is 4. The third-order valence-corrected chi connectivity index (χ3v) is 3.09. The second-order valence-corrected chi connectivity index (χ2v) is 4.17. The maximum Gasteiger partial charge on any atom is 0.320 e. The lowest BCUT2D eigenvalue weighted by Gasteiger charge is -2.36. The van der Waals surface area contributed by atoms with Gasteiger partial charge in [-0.05, 0) is 6.92 Å². The first-order chi connectivity index (χ1) is 8.06. The van der Waals surface area contributed by atoms with Crippen LogP contribution in [0.2, 0.25) is 0 Å². The molecule has 6 heteroatoms. The predicted molar refractivity (Wildman–Crippen MR) is 61.7 cm³/mol. The quantitative estimate of drug-likeness (QED) is 0.715. The molecule has 0 saturated carbocycles. The van der Waals surface area contributed by atoms with E-state index < -0.39 is 12.0 Å². The molecule has 1 aliphatic rings. The van der Waals surface area contributed by atoms with Crippen LogP contribution in [0.15, 0.2) is 0 Å². The lowest BCUT2D eigenvalue weighted by atomic mass is 10.2. The average molecular weight is 244 g/mol. The summed E-state index contributed by atoms with van der Waals surface area (Å²) in [4.78, 5) is 26.1. The molecule has 0 aromatic carbocycles. The molecule has 0 aromatic rings. The zero-order chi connectivity index (χ0) is 12.8. The largest absolute Gasteiger partial charge is 0.480 e. The molecule has 17 heavy (non-hydrogen) atoms. The standard InChI is InChI=1S/C11H20N2O4/c1-9(11(15)16)12-4-6-13(7-5-12)10(14)3-8-17-2/h9H,3-8H2,1-2H3,(H,15,16). The molecular formula is C11H20N2O4. The third-order valence-electron chi connectivity index (χ3n) is 3.09.